The summed E-state index contributed by atoms with van der Waals surface area (Å²) in [4.78, 5) is 12.1. The summed E-state index contributed by atoms with van der Waals surface area (Å²) in [6, 6.07) is 12.1. The van der Waals surface area contributed by atoms with Crippen LogP contribution in [0.1, 0.15) is 25.5 Å². The van der Waals surface area contributed by atoms with Gasteiger partial charge in [-0.25, -0.2) is 0 Å². The first-order valence-electron chi connectivity index (χ1n) is 6.64. The van der Waals surface area contributed by atoms with E-state index >= 15 is 0 Å². The molecule has 2 atom stereocenters. The van der Waals surface area contributed by atoms with Gasteiger partial charge >= 0.3 is 0 Å². The van der Waals surface area contributed by atoms with Crippen LogP contribution in [0.4, 0.5) is 0 Å². The summed E-state index contributed by atoms with van der Waals surface area (Å²) in [5.41, 5.74) is -0.0643. The predicted molar refractivity (Wildman–Crippen MR) is 76.0 cm³/mol. The lowest BCUT2D eigenvalue weighted by Gasteiger charge is -2.42. The molecule has 0 aliphatic carbocycles. The van der Waals surface area contributed by atoms with E-state index in [0.29, 0.717) is 5.75 Å². The van der Waals surface area contributed by atoms with Crippen LogP contribution in [0, 0.1) is 0 Å². The summed E-state index contributed by atoms with van der Waals surface area (Å²) >= 11 is 0. The van der Waals surface area contributed by atoms with Gasteiger partial charge in [-0.05, 0) is 26.0 Å². The third kappa shape index (κ3) is 1.93. The summed E-state index contributed by atoms with van der Waals surface area (Å²) in [5.74, 6) is 0.712. The third-order valence-electron chi connectivity index (χ3n) is 3.77. The van der Waals surface area contributed by atoms with Crippen molar-refractivity contribution in [3.63, 3.8) is 0 Å². The molecular formula is C16H17NO3. The minimum Gasteiger partial charge on any atom is -0.485 e. The van der Waals surface area contributed by atoms with Crippen molar-refractivity contribution in [3.05, 3.63) is 64.6 Å². The zero-order chi connectivity index (χ0) is 14.3. The second-order valence-electron chi connectivity index (χ2n) is 5.58. The summed E-state index contributed by atoms with van der Waals surface area (Å²) in [7, 11) is 0. The van der Waals surface area contributed by atoms with Gasteiger partial charge < -0.3 is 14.4 Å². The smallest absolute Gasteiger partial charge is 0.251 e. The van der Waals surface area contributed by atoms with Gasteiger partial charge in [0.05, 0.1) is 6.04 Å². The lowest BCUT2D eigenvalue weighted by atomic mass is 9.86. The summed E-state index contributed by atoms with van der Waals surface area (Å²) in [6.07, 6.45) is 0.895. The molecule has 0 radical (unpaired) electrons. The first-order chi connectivity index (χ1) is 9.50. The largest absolute Gasteiger partial charge is 0.485 e. The molecule has 2 aromatic rings. The molecule has 2 unspecified atom stereocenters. The Hall–Kier alpha value is -2.07. The van der Waals surface area contributed by atoms with Crippen LogP contribution in [0.15, 0.2) is 53.5 Å². The van der Waals surface area contributed by atoms with Crippen molar-refractivity contribution in [1.82, 2.24) is 4.57 Å². The number of ether oxygens (including phenoxy) is 1. The number of aliphatic hydroxyl groups excluding tert-OH is 1. The molecule has 0 saturated carbocycles. The van der Waals surface area contributed by atoms with Crippen LogP contribution in [-0.4, -0.2) is 21.4 Å². The Morgan fingerprint density at radius 3 is 2.60 bits per heavy atom. The van der Waals surface area contributed by atoms with Crippen molar-refractivity contribution in [2.75, 3.05) is 0 Å². The molecule has 1 aromatic heterocycles. The first-order valence-corrected chi connectivity index (χ1v) is 6.64. The van der Waals surface area contributed by atoms with Gasteiger partial charge in [0, 0.05) is 17.8 Å². The zero-order valence-corrected chi connectivity index (χ0v) is 11.5. The molecule has 4 heteroatoms. The van der Waals surface area contributed by atoms with Crippen LogP contribution < -0.4 is 10.3 Å². The molecule has 4 nitrogen and oxygen atoms in total. The fourth-order valence-electron chi connectivity index (χ4n) is 2.68. The molecule has 1 N–H and O–H groups in total. The average Bonchev–Trinajstić information content (AvgIpc) is 2.41. The normalized spacial score (nSPS) is 23.8. The lowest BCUT2D eigenvalue weighted by Crippen LogP contribution is -2.52. The molecule has 20 heavy (non-hydrogen) atoms. The number of rotatable bonds is 1. The Balaban J connectivity index is 2.23. The van der Waals surface area contributed by atoms with Crippen molar-refractivity contribution in [3.8, 4) is 5.75 Å². The minimum absolute atomic E-state index is 0.135. The van der Waals surface area contributed by atoms with E-state index in [0.717, 1.165) is 5.56 Å². The predicted octanol–water partition coefficient (Wildman–Crippen LogP) is 1.97. The van der Waals surface area contributed by atoms with Gasteiger partial charge in [-0.3, -0.25) is 4.79 Å². The number of pyridine rings is 1. The Labute approximate surface area is 117 Å². The van der Waals surface area contributed by atoms with Gasteiger partial charge in [-0.15, -0.1) is 0 Å². The van der Waals surface area contributed by atoms with Crippen molar-refractivity contribution in [2.45, 2.75) is 31.6 Å². The van der Waals surface area contributed by atoms with Crippen molar-refractivity contribution in [2.24, 2.45) is 0 Å². The molecule has 0 saturated heterocycles. The number of nitrogens with zero attached hydrogens (tertiary/aromatic N) is 1. The van der Waals surface area contributed by atoms with E-state index in [-0.39, 0.29) is 5.56 Å². The van der Waals surface area contributed by atoms with E-state index in [1.54, 1.807) is 22.9 Å². The Bertz CT molecular complexity index is 690. The van der Waals surface area contributed by atoms with E-state index < -0.39 is 17.7 Å². The number of para-hydroxylation sites is 1. The highest BCUT2D eigenvalue weighted by Gasteiger charge is 2.43. The summed E-state index contributed by atoms with van der Waals surface area (Å²) in [5, 5.41) is 10.6. The number of hydrogen-bond donors (Lipinski definition) is 1. The second kappa shape index (κ2) is 4.49. The molecule has 2 heterocycles. The van der Waals surface area contributed by atoms with Gasteiger partial charge in [0.15, 0.2) is 0 Å². The number of benzene rings is 1. The third-order valence-corrected chi connectivity index (χ3v) is 3.77. The molecule has 0 bridgehead atoms. The molecule has 3 rings (SSSR count). The maximum absolute atomic E-state index is 12.1. The number of fused-ring (bicyclic) bond motifs is 1. The SMILES string of the molecule is CC1(C)Oc2ccccc2C(n2ccccc2=O)C1O. The van der Waals surface area contributed by atoms with E-state index in [1.165, 1.54) is 6.07 Å². The van der Waals surface area contributed by atoms with Crippen molar-refractivity contribution < 1.29 is 9.84 Å². The Morgan fingerprint density at radius 2 is 1.85 bits per heavy atom. The Morgan fingerprint density at radius 1 is 1.15 bits per heavy atom. The van der Waals surface area contributed by atoms with Gasteiger partial charge in [-0.1, -0.05) is 24.3 Å². The van der Waals surface area contributed by atoms with Crippen LogP contribution in [0.3, 0.4) is 0 Å². The highest BCUT2D eigenvalue weighted by atomic mass is 16.5. The highest BCUT2D eigenvalue weighted by molar-refractivity contribution is 5.40. The van der Waals surface area contributed by atoms with Crippen LogP contribution in [0.25, 0.3) is 0 Å². The van der Waals surface area contributed by atoms with Crippen molar-refractivity contribution in [1.29, 1.82) is 0 Å². The minimum atomic E-state index is -0.808. The number of aliphatic hydroxyl groups is 1. The number of aromatic nitrogens is 1. The van der Waals surface area contributed by atoms with E-state index in [9.17, 15) is 9.90 Å². The van der Waals surface area contributed by atoms with Crippen molar-refractivity contribution >= 4 is 0 Å². The second-order valence-corrected chi connectivity index (χ2v) is 5.58. The highest BCUT2D eigenvalue weighted by Crippen LogP contribution is 2.40. The zero-order valence-electron chi connectivity index (χ0n) is 11.5. The van der Waals surface area contributed by atoms with Gasteiger partial charge in [0.2, 0.25) is 0 Å². The molecule has 1 aliphatic heterocycles. The molecule has 0 fully saturated rings. The van der Waals surface area contributed by atoms with Crippen LogP contribution >= 0.6 is 0 Å². The summed E-state index contributed by atoms with van der Waals surface area (Å²) in [6.45, 7) is 3.66. The monoisotopic (exact) mass is 271 g/mol. The Kier molecular flexibility index (Phi) is 2.91. The molecule has 0 amide bonds. The van der Waals surface area contributed by atoms with Crippen LogP contribution in [0.2, 0.25) is 0 Å². The maximum Gasteiger partial charge on any atom is 0.251 e. The van der Waals surface area contributed by atoms with Gasteiger partial charge in [-0.2, -0.15) is 0 Å². The lowest BCUT2D eigenvalue weighted by molar-refractivity contribution is -0.0642. The number of hydrogen-bond acceptors (Lipinski definition) is 3. The topological polar surface area (TPSA) is 51.5 Å². The molecule has 0 spiro atoms. The standard InChI is InChI=1S/C16H17NO3/c1-16(2)15(19)14(17-10-6-5-9-13(17)18)11-7-3-4-8-12(11)20-16/h3-10,14-15,19H,1-2H3. The fraction of sp³-hybridized carbons (Fsp3) is 0.312. The average molecular weight is 271 g/mol. The van der Waals surface area contributed by atoms with E-state index in [2.05, 4.69) is 0 Å². The maximum atomic E-state index is 12.1. The van der Waals surface area contributed by atoms with Crippen LogP contribution in [0.5, 0.6) is 5.75 Å². The van der Waals surface area contributed by atoms with E-state index in [4.69, 9.17) is 4.74 Å². The first kappa shape index (κ1) is 12.9. The van der Waals surface area contributed by atoms with Gasteiger partial charge in [0.25, 0.3) is 5.56 Å². The summed E-state index contributed by atoms with van der Waals surface area (Å²) < 4.78 is 7.42. The quantitative estimate of drug-likeness (QED) is 0.862. The molecule has 1 aliphatic rings. The molecular weight excluding hydrogens is 254 g/mol. The van der Waals surface area contributed by atoms with Crippen LogP contribution in [-0.2, 0) is 0 Å². The van der Waals surface area contributed by atoms with E-state index in [1.807, 2.05) is 38.1 Å². The molecule has 104 valence electrons. The fourth-order valence-corrected chi connectivity index (χ4v) is 2.68. The van der Waals surface area contributed by atoms with Gasteiger partial charge in [0.1, 0.15) is 17.5 Å². The molecule has 1 aromatic carbocycles.